The van der Waals surface area contributed by atoms with Crippen molar-refractivity contribution in [3.05, 3.63) is 12.3 Å². The number of nitrogens with zero attached hydrogens (tertiary/aromatic N) is 4. The minimum Gasteiger partial charge on any atom is -0.376 e. The fourth-order valence-corrected chi connectivity index (χ4v) is 6.25. The first-order valence-corrected chi connectivity index (χ1v) is 15.2. The van der Waals surface area contributed by atoms with Gasteiger partial charge >= 0.3 is 0 Å². The summed E-state index contributed by atoms with van der Waals surface area (Å²) in [5, 5.41) is 3.59. The number of hydrogen-bond acceptors (Lipinski definition) is 5. The number of piperidine rings is 1. The molecule has 2 aliphatic heterocycles. The number of hydrogen-bond donors (Lipinski definition) is 1. The second-order valence-electron chi connectivity index (χ2n) is 13.3. The summed E-state index contributed by atoms with van der Waals surface area (Å²) in [6, 6.07) is 0.0679. The molecule has 0 saturated carbocycles. The Hall–Kier alpha value is -1.60. The third-order valence-electron chi connectivity index (χ3n) is 9.05. The average Bonchev–Trinajstić information content (AvgIpc) is 3.32. The molecule has 4 unspecified atom stereocenters. The zero-order chi connectivity index (χ0) is 28.8. The van der Waals surface area contributed by atoms with E-state index in [0.29, 0.717) is 0 Å². The molecule has 0 bridgehead atoms. The van der Waals surface area contributed by atoms with Crippen molar-refractivity contribution in [2.75, 3.05) is 40.3 Å². The van der Waals surface area contributed by atoms with E-state index in [1.807, 2.05) is 16.8 Å². The molecule has 5 atom stereocenters. The molecule has 0 aromatic rings. The van der Waals surface area contributed by atoms with E-state index in [1.165, 1.54) is 12.8 Å². The number of likely N-dealkylation sites (N-methyl/N-ethyl adjacent to an activating group) is 3. The van der Waals surface area contributed by atoms with Crippen molar-refractivity contribution in [1.29, 1.82) is 0 Å². The lowest BCUT2D eigenvalue weighted by atomic mass is 9.84. The van der Waals surface area contributed by atoms with Gasteiger partial charge in [-0.15, -0.1) is 0 Å². The minimum absolute atomic E-state index is 0.0202. The van der Waals surface area contributed by atoms with Crippen LogP contribution in [0.25, 0.3) is 0 Å². The minimum atomic E-state index is -0.367. The maximum atomic E-state index is 14.1. The van der Waals surface area contributed by atoms with E-state index in [1.54, 1.807) is 0 Å². The predicted octanol–water partition coefficient (Wildman–Crippen LogP) is 4.58. The largest absolute Gasteiger partial charge is 0.376 e. The first-order chi connectivity index (χ1) is 17.7. The summed E-state index contributed by atoms with van der Waals surface area (Å²) in [6.07, 6.45) is 6.37. The lowest BCUT2D eigenvalue weighted by Gasteiger charge is -2.42. The molecule has 220 valence electrons. The highest BCUT2D eigenvalue weighted by atomic mass is 16.2. The van der Waals surface area contributed by atoms with E-state index in [0.717, 1.165) is 57.6 Å². The fraction of sp³-hybridized carbons (Fsp3) is 0.871. The Kier molecular flexibility index (Phi) is 12.1. The summed E-state index contributed by atoms with van der Waals surface area (Å²) < 4.78 is 0. The third kappa shape index (κ3) is 7.97. The lowest BCUT2D eigenvalue weighted by molar-refractivity contribution is -0.140. The summed E-state index contributed by atoms with van der Waals surface area (Å²) in [4.78, 5) is 36.4. The molecule has 38 heavy (non-hydrogen) atoms. The molecule has 2 heterocycles. The Labute approximate surface area is 234 Å². The van der Waals surface area contributed by atoms with Crippen molar-refractivity contribution in [3.8, 4) is 0 Å². The second-order valence-corrected chi connectivity index (χ2v) is 13.3. The van der Waals surface area contributed by atoms with Gasteiger partial charge in [-0.3, -0.25) is 19.4 Å². The maximum absolute atomic E-state index is 14.1. The van der Waals surface area contributed by atoms with Crippen LogP contribution in [0.1, 0.15) is 93.9 Å². The number of carbonyl (C=O) groups is 2. The van der Waals surface area contributed by atoms with E-state index in [-0.39, 0.29) is 53.4 Å². The van der Waals surface area contributed by atoms with Crippen LogP contribution in [0, 0.1) is 11.3 Å². The maximum Gasteiger partial charge on any atom is 0.245 e. The number of rotatable bonds is 12. The van der Waals surface area contributed by atoms with Crippen molar-refractivity contribution < 1.29 is 9.59 Å². The molecule has 0 aromatic carbocycles. The van der Waals surface area contributed by atoms with Crippen LogP contribution < -0.4 is 5.32 Å². The Morgan fingerprint density at radius 2 is 1.66 bits per heavy atom. The molecule has 0 aromatic heterocycles. The molecule has 1 N–H and O–H groups in total. The molecule has 2 aliphatic rings. The van der Waals surface area contributed by atoms with Gasteiger partial charge in [-0.1, -0.05) is 54.5 Å². The molecule has 2 saturated heterocycles. The number of nitrogens with one attached hydrogen (secondary N) is 1. The fourth-order valence-electron chi connectivity index (χ4n) is 6.25. The Bertz CT molecular complexity index is 792. The summed E-state index contributed by atoms with van der Waals surface area (Å²) >= 11 is 0. The topological polar surface area (TPSA) is 59.1 Å². The Balaban J connectivity index is 2.20. The third-order valence-corrected chi connectivity index (χ3v) is 9.05. The van der Waals surface area contributed by atoms with Crippen LogP contribution in [0.4, 0.5) is 0 Å². The summed E-state index contributed by atoms with van der Waals surface area (Å²) in [7, 11) is 4.10. The van der Waals surface area contributed by atoms with E-state index >= 15 is 0 Å². The zero-order valence-electron chi connectivity index (χ0n) is 26.3. The van der Waals surface area contributed by atoms with Crippen LogP contribution in [0.5, 0.6) is 0 Å². The van der Waals surface area contributed by atoms with Gasteiger partial charge in [0.05, 0.1) is 6.04 Å². The Morgan fingerprint density at radius 1 is 1.03 bits per heavy atom. The number of carbonyl (C=O) groups excluding carboxylic acids is 2. The van der Waals surface area contributed by atoms with E-state index in [4.69, 9.17) is 0 Å². The Morgan fingerprint density at radius 3 is 2.18 bits per heavy atom. The summed E-state index contributed by atoms with van der Waals surface area (Å²) in [5.41, 5.74) is 0.678. The van der Waals surface area contributed by atoms with Gasteiger partial charge < -0.3 is 15.1 Å². The second kappa shape index (κ2) is 14.2. The molecule has 0 spiro atoms. The van der Waals surface area contributed by atoms with Crippen LogP contribution >= 0.6 is 0 Å². The molecule has 7 nitrogen and oxygen atoms in total. The van der Waals surface area contributed by atoms with Crippen molar-refractivity contribution in [2.24, 2.45) is 11.3 Å². The molecule has 2 amide bonds. The molecular weight excluding hydrogens is 474 g/mol. The number of likely N-dealkylation sites (tertiary alicyclic amines) is 2. The lowest BCUT2D eigenvalue weighted by Crippen LogP contribution is -2.59. The highest BCUT2D eigenvalue weighted by molar-refractivity contribution is 5.83. The highest BCUT2D eigenvalue weighted by Crippen LogP contribution is 2.28. The van der Waals surface area contributed by atoms with Gasteiger partial charge in [-0.2, -0.15) is 0 Å². The monoisotopic (exact) mass is 533 g/mol. The first-order valence-electron chi connectivity index (χ1n) is 15.2. The summed E-state index contributed by atoms with van der Waals surface area (Å²) in [6.45, 7) is 24.9. The van der Waals surface area contributed by atoms with Crippen molar-refractivity contribution in [2.45, 2.75) is 124 Å². The summed E-state index contributed by atoms with van der Waals surface area (Å²) in [5.74, 6) is 0.621. The predicted molar refractivity (Wildman–Crippen MR) is 159 cm³/mol. The normalized spacial score (nSPS) is 23.7. The molecular formula is C31H59N5O2. The van der Waals surface area contributed by atoms with Crippen molar-refractivity contribution in [1.82, 2.24) is 24.9 Å². The van der Waals surface area contributed by atoms with Crippen LogP contribution in [0.3, 0.4) is 0 Å². The SMILES string of the molecule is C=C(NC(C(=O)N(C)C(CN1CCC[C@H]1C(=O)N(CC)C(C)CC)C(C)C)C(C)(C)C)C1CCCCN1C. The molecule has 7 heteroatoms. The van der Waals surface area contributed by atoms with Gasteiger partial charge in [0.1, 0.15) is 6.04 Å². The van der Waals surface area contributed by atoms with Crippen LogP contribution in [0.2, 0.25) is 0 Å². The van der Waals surface area contributed by atoms with Crippen molar-refractivity contribution >= 4 is 11.8 Å². The van der Waals surface area contributed by atoms with E-state index in [2.05, 4.69) is 84.1 Å². The van der Waals surface area contributed by atoms with Crippen LogP contribution in [0.15, 0.2) is 12.3 Å². The van der Waals surface area contributed by atoms with Gasteiger partial charge in [-0.05, 0) is 77.4 Å². The van der Waals surface area contributed by atoms with Crippen LogP contribution in [-0.2, 0) is 9.59 Å². The van der Waals surface area contributed by atoms with Gasteiger partial charge in [-0.25, -0.2) is 0 Å². The van der Waals surface area contributed by atoms with E-state index < -0.39 is 0 Å². The quantitative estimate of drug-likeness (QED) is 0.398. The van der Waals surface area contributed by atoms with Gasteiger partial charge in [0.2, 0.25) is 11.8 Å². The molecule has 2 rings (SSSR count). The van der Waals surface area contributed by atoms with Crippen LogP contribution in [-0.4, -0.2) is 102 Å². The van der Waals surface area contributed by atoms with Gasteiger partial charge in [0.25, 0.3) is 0 Å². The smallest absolute Gasteiger partial charge is 0.245 e. The van der Waals surface area contributed by atoms with E-state index in [9.17, 15) is 9.59 Å². The average molecular weight is 534 g/mol. The first kappa shape index (κ1) is 32.6. The van der Waals surface area contributed by atoms with Gasteiger partial charge in [0, 0.05) is 44.0 Å². The highest BCUT2D eigenvalue weighted by Gasteiger charge is 2.40. The standard InChI is InChI=1S/C31H59N5O2/c1-12-23(5)36(13-2)29(37)26-18-16-20-35(26)21-27(22(3)4)34(11)30(38)28(31(7,8)9)32-24(6)25-17-14-15-19-33(25)10/h22-23,25-28,32H,6,12-21H2,1-5,7-11H3/t23?,25?,26-,27?,28?/m0/s1. The molecule has 2 fully saturated rings. The van der Waals surface area contributed by atoms with Gasteiger partial charge in [0.15, 0.2) is 0 Å². The molecule has 0 aliphatic carbocycles. The van der Waals surface area contributed by atoms with Crippen molar-refractivity contribution in [3.63, 3.8) is 0 Å². The molecule has 0 radical (unpaired) electrons. The zero-order valence-corrected chi connectivity index (χ0v) is 26.3. The number of amides is 2.